The molecule has 1 aromatic heterocycles. The molecule has 0 bridgehead atoms. The van der Waals surface area contributed by atoms with Crippen LogP contribution in [0.3, 0.4) is 0 Å². The number of hydrogen-bond acceptors (Lipinski definition) is 3. The van der Waals surface area contributed by atoms with Crippen molar-refractivity contribution in [2.75, 3.05) is 18.4 Å². The molecule has 0 aliphatic carbocycles. The number of aromatic nitrogens is 2. The van der Waals surface area contributed by atoms with E-state index in [2.05, 4.69) is 28.5 Å². The summed E-state index contributed by atoms with van der Waals surface area (Å²) < 4.78 is 0. The number of rotatable bonds is 2. The summed E-state index contributed by atoms with van der Waals surface area (Å²) in [5.74, 6) is 0.533. The van der Waals surface area contributed by atoms with E-state index in [-0.39, 0.29) is 6.03 Å². The van der Waals surface area contributed by atoms with Gasteiger partial charge in [-0.15, -0.1) is 0 Å². The monoisotopic (exact) mass is 364 g/mol. The van der Waals surface area contributed by atoms with Gasteiger partial charge in [-0.2, -0.15) is 5.10 Å². The van der Waals surface area contributed by atoms with Crippen LogP contribution in [-0.2, 0) is 5.60 Å². The van der Waals surface area contributed by atoms with Gasteiger partial charge in [-0.1, -0.05) is 30.3 Å². The van der Waals surface area contributed by atoms with Gasteiger partial charge in [0.1, 0.15) is 0 Å². The molecule has 2 aromatic carbocycles. The van der Waals surface area contributed by atoms with Gasteiger partial charge in [0.2, 0.25) is 0 Å². The molecule has 27 heavy (non-hydrogen) atoms. The van der Waals surface area contributed by atoms with E-state index in [1.807, 2.05) is 43.3 Å². The number of anilines is 1. The van der Waals surface area contributed by atoms with Crippen LogP contribution >= 0.6 is 0 Å². The number of para-hydroxylation sites is 1. The Balaban J connectivity index is 1.46. The summed E-state index contributed by atoms with van der Waals surface area (Å²) >= 11 is 0. The lowest BCUT2D eigenvalue weighted by atomic mass is 9.81. The van der Waals surface area contributed by atoms with E-state index in [9.17, 15) is 9.90 Å². The summed E-state index contributed by atoms with van der Waals surface area (Å²) in [4.78, 5) is 14.4. The zero-order chi connectivity index (χ0) is 19.0. The highest BCUT2D eigenvalue weighted by Gasteiger charge is 2.36. The summed E-state index contributed by atoms with van der Waals surface area (Å²) in [6, 6.07) is 13.5. The van der Waals surface area contributed by atoms with Crippen LogP contribution in [0.2, 0.25) is 0 Å². The number of aliphatic hydroxyl groups is 1. The lowest BCUT2D eigenvalue weighted by molar-refractivity contribution is -0.0162. The number of amides is 2. The van der Waals surface area contributed by atoms with E-state index >= 15 is 0 Å². The van der Waals surface area contributed by atoms with Crippen LogP contribution in [0.15, 0.2) is 42.5 Å². The molecule has 6 heteroatoms. The Morgan fingerprint density at radius 3 is 2.67 bits per heavy atom. The topological polar surface area (TPSA) is 81.2 Å². The van der Waals surface area contributed by atoms with Gasteiger partial charge in [0, 0.05) is 18.5 Å². The molecule has 0 spiro atoms. The molecule has 0 saturated carbocycles. The molecule has 140 valence electrons. The minimum Gasteiger partial charge on any atom is -0.385 e. The number of urea groups is 1. The zero-order valence-electron chi connectivity index (χ0n) is 15.6. The van der Waals surface area contributed by atoms with E-state index in [0.717, 1.165) is 22.0 Å². The molecular formula is C21H24N4O2. The Morgan fingerprint density at radius 1 is 1.15 bits per heavy atom. The van der Waals surface area contributed by atoms with Gasteiger partial charge in [0.25, 0.3) is 0 Å². The number of piperidine rings is 1. The summed E-state index contributed by atoms with van der Waals surface area (Å²) in [5, 5.41) is 22.1. The second-order valence-electron chi connectivity index (χ2n) is 7.31. The Morgan fingerprint density at radius 2 is 1.89 bits per heavy atom. The van der Waals surface area contributed by atoms with Crippen LogP contribution in [0.5, 0.6) is 0 Å². The Bertz CT molecular complexity index is 987. The molecule has 0 atom stereocenters. The minimum absolute atomic E-state index is 0.185. The number of nitrogens with zero attached hydrogens (tertiary/aromatic N) is 2. The van der Waals surface area contributed by atoms with Crippen LogP contribution in [0, 0.1) is 13.8 Å². The normalized spacial score (nSPS) is 16.5. The van der Waals surface area contributed by atoms with Crippen LogP contribution in [-0.4, -0.2) is 39.3 Å². The first-order valence-corrected chi connectivity index (χ1v) is 9.26. The molecule has 2 heterocycles. The zero-order valence-corrected chi connectivity index (χ0v) is 15.6. The fraction of sp³-hybridized carbons (Fsp3) is 0.333. The van der Waals surface area contributed by atoms with Gasteiger partial charge in [-0.25, -0.2) is 4.79 Å². The highest BCUT2D eigenvalue weighted by Crippen LogP contribution is 2.35. The number of carbonyl (C=O) groups excluding carboxylic acids is 1. The molecule has 1 saturated heterocycles. The maximum atomic E-state index is 12.7. The van der Waals surface area contributed by atoms with E-state index < -0.39 is 5.60 Å². The van der Waals surface area contributed by atoms with Gasteiger partial charge in [-0.05, 0) is 55.5 Å². The van der Waals surface area contributed by atoms with Crippen LogP contribution < -0.4 is 5.32 Å². The Kier molecular flexibility index (Phi) is 4.36. The number of carbonyl (C=O) groups is 1. The van der Waals surface area contributed by atoms with Crippen LogP contribution in [0.1, 0.15) is 29.5 Å². The van der Waals surface area contributed by atoms with Crippen molar-refractivity contribution < 1.29 is 9.90 Å². The number of aromatic amines is 1. The molecule has 1 fully saturated rings. The van der Waals surface area contributed by atoms with Crippen molar-refractivity contribution in [3.8, 4) is 0 Å². The third-order valence-electron chi connectivity index (χ3n) is 5.68. The molecule has 3 N–H and O–H groups in total. The molecule has 4 rings (SSSR count). The molecule has 1 aliphatic rings. The number of hydrogen-bond donors (Lipinski definition) is 3. The van der Waals surface area contributed by atoms with Gasteiger partial charge in [0.15, 0.2) is 5.82 Å². The molecule has 3 aromatic rings. The second kappa shape index (κ2) is 6.70. The number of aryl methyl sites for hydroxylation is 1. The fourth-order valence-electron chi connectivity index (χ4n) is 3.84. The van der Waals surface area contributed by atoms with Crippen molar-refractivity contribution in [2.45, 2.75) is 32.3 Å². The van der Waals surface area contributed by atoms with Gasteiger partial charge in [-0.3, -0.25) is 10.4 Å². The maximum absolute atomic E-state index is 12.7. The first-order valence-electron chi connectivity index (χ1n) is 9.26. The average Bonchev–Trinajstić information content (AvgIpc) is 3.07. The van der Waals surface area contributed by atoms with Crippen LogP contribution in [0.25, 0.3) is 10.9 Å². The Labute approximate surface area is 158 Å². The predicted octanol–water partition coefficient (Wildman–Crippen LogP) is 3.70. The van der Waals surface area contributed by atoms with Crippen molar-refractivity contribution in [2.24, 2.45) is 0 Å². The summed E-state index contributed by atoms with van der Waals surface area (Å²) in [7, 11) is 0. The van der Waals surface area contributed by atoms with Crippen molar-refractivity contribution in [3.05, 3.63) is 59.2 Å². The predicted molar refractivity (Wildman–Crippen MR) is 106 cm³/mol. The van der Waals surface area contributed by atoms with Crippen LogP contribution in [0.4, 0.5) is 10.6 Å². The number of nitrogens with one attached hydrogen (secondary N) is 2. The molecule has 0 unspecified atom stereocenters. The smallest absolute Gasteiger partial charge is 0.323 e. The Hall–Kier alpha value is -2.86. The molecule has 2 amide bonds. The summed E-state index contributed by atoms with van der Waals surface area (Å²) in [5.41, 5.74) is 3.27. The molecule has 1 aliphatic heterocycles. The maximum Gasteiger partial charge on any atom is 0.323 e. The lowest BCUT2D eigenvalue weighted by Crippen LogP contribution is -2.47. The van der Waals surface area contributed by atoms with Crippen molar-refractivity contribution >= 4 is 22.8 Å². The number of benzene rings is 2. The number of H-pyrrole nitrogens is 1. The third kappa shape index (κ3) is 3.17. The SMILES string of the molecule is Cc1cccc(C2(O)CCN(C(=O)Nc3n[nH]c4ccccc34)CC2)c1C. The van der Waals surface area contributed by atoms with Crippen molar-refractivity contribution in [1.82, 2.24) is 15.1 Å². The van der Waals surface area contributed by atoms with E-state index in [1.165, 1.54) is 5.56 Å². The van der Waals surface area contributed by atoms with E-state index in [1.54, 1.807) is 4.90 Å². The lowest BCUT2D eigenvalue weighted by Gasteiger charge is -2.39. The van der Waals surface area contributed by atoms with Gasteiger partial charge >= 0.3 is 6.03 Å². The third-order valence-corrected chi connectivity index (χ3v) is 5.68. The quantitative estimate of drug-likeness (QED) is 0.649. The van der Waals surface area contributed by atoms with Gasteiger partial charge in [0.05, 0.1) is 11.1 Å². The number of fused-ring (bicyclic) bond motifs is 1. The summed E-state index contributed by atoms with van der Waals surface area (Å²) in [6.45, 7) is 5.10. The highest BCUT2D eigenvalue weighted by molar-refractivity contribution is 5.98. The fourth-order valence-corrected chi connectivity index (χ4v) is 3.84. The van der Waals surface area contributed by atoms with E-state index in [4.69, 9.17) is 0 Å². The first kappa shape index (κ1) is 17.5. The number of likely N-dealkylation sites (tertiary alicyclic amines) is 1. The molecular weight excluding hydrogens is 340 g/mol. The second-order valence-corrected chi connectivity index (χ2v) is 7.31. The van der Waals surface area contributed by atoms with Crippen molar-refractivity contribution in [1.29, 1.82) is 0 Å². The minimum atomic E-state index is -0.883. The van der Waals surface area contributed by atoms with E-state index in [0.29, 0.717) is 31.7 Å². The van der Waals surface area contributed by atoms with Gasteiger partial charge < -0.3 is 10.0 Å². The molecule has 0 radical (unpaired) electrons. The summed E-state index contributed by atoms with van der Waals surface area (Å²) in [6.07, 6.45) is 1.04. The highest BCUT2D eigenvalue weighted by atomic mass is 16.3. The van der Waals surface area contributed by atoms with Crippen molar-refractivity contribution in [3.63, 3.8) is 0 Å². The average molecular weight is 364 g/mol. The first-order chi connectivity index (χ1) is 13.0. The standard InChI is InChI=1S/C21H24N4O2/c1-14-6-5-8-17(15(14)2)21(27)10-12-25(13-11-21)20(26)22-19-16-7-3-4-9-18(16)23-24-19/h3-9,27H,10-13H2,1-2H3,(H2,22,23,24,26). The largest absolute Gasteiger partial charge is 0.385 e. The molecule has 6 nitrogen and oxygen atoms in total.